The molecule has 2 rings (SSSR count). The van der Waals surface area contributed by atoms with E-state index in [-0.39, 0.29) is 10.6 Å². The summed E-state index contributed by atoms with van der Waals surface area (Å²) in [6, 6.07) is 7.55. The summed E-state index contributed by atoms with van der Waals surface area (Å²) in [5, 5.41) is 18.6. The van der Waals surface area contributed by atoms with Crippen LogP contribution in [-0.4, -0.2) is 20.6 Å². The van der Waals surface area contributed by atoms with Gasteiger partial charge in [0.25, 0.3) is 0 Å². The van der Waals surface area contributed by atoms with Crippen molar-refractivity contribution in [1.82, 2.24) is 4.37 Å². The van der Waals surface area contributed by atoms with Crippen LogP contribution in [0.1, 0.15) is 22.2 Å². The molecule has 0 spiro atoms. The molecular formula is C12H11NO3S. The largest absolute Gasteiger partial charge is 0.504 e. The Hall–Kier alpha value is -1.88. The lowest BCUT2D eigenvalue weighted by atomic mass is 10.1. The topological polar surface area (TPSA) is 70.4 Å². The number of aromatic nitrogens is 1. The van der Waals surface area contributed by atoms with Crippen LogP contribution in [0.4, 0.5) is 0 Å². The van der Waals surface area contributed by atoms with Gasteiger partial charge in [-0.1, -0.05) is 25.1 Å². The molecule has 88 valence electrons. The molecule has 0 aliphatic rings. The normalized spacial score (nSPS) is 10.4. The molecule has 0 atom stereocenters. The SMILES string of the molecule is CCc1cccc(-c2nsc(C(=O)O)c2O)c1. The number of carboxylic acids is 1. The minimum Gasteiger partial charge on any atom is -0.504 e. The average Bonchev–Trinajstić information content (AvgIpc) is 2.71. The molecule has 0 bridgehead atoms. The van der Waals surface area contributed by atoms with Gasteiger partial charge in [-0.25, -0.2) is 4.79 Å². The Morgan fingerprint density at radius 1 is 1.47 bits per heavy atom. The number of carbonyl (C=O) groups is 1. The molecule has 0 fully saturated rings. The molecule has 5 heteroatoms. The Morgan fingerprint density at radius 2 is 2.24 bits per heavy atom. The van der Waals surface area contributed by atoms with Gasteiger partial charge in [0, 0.05) is 5.56 Å². The van der Waals surface area contributed by atoms with Gasteiger partial charge < -0.3 is 10.2 Å². The highest BCUT2D eigenvalue weighted by Gasteiger charge is 2.19. The lowest BCUT2D eigenvalue weighted by Gasteiger charge is -2.01. The lowest BCUT2D eigenvalue weighted by molar-refractivity contribution is 0.0699. The molecule has 1 aromatic heterocycles. The van der Waals surface area contributed by atoms with Crippen molar-refractivity contribution in [3.8, 4) is 17.0 Å². The van der Waals surface area contributed by atoms with Crippen LogP contribution in [0.15, 0.2) is 24.3 Å². The Kier molecular flexibility index (Phi) is 3.10. The predicted octanol–water partition coefficient (Wildman–Crippen LogP) is 2.78. The zero-order valence-corrected chi connectivity index (χ0v) is 9.99. The number of hydrogen-bond donors (Lipinski definition) is 2. The molecule has 0 amide bonds. The van der Waals surface area contributed by atoms with E-state index in [0.717, 1.165) is 29.1 Å². The quantitative estimate of drug-likeness (QED) is 0.877. The van der Waals surface area contributed by atoms with Crippen molar-refractivity contribution in [2.45, 2.75) is 13.3 Å². The summed E-state index contributed by atoms with van der Waals surface area (Å²) >= 11 is 0.793. The molecular weight excluding hydrogens is 238 g/mol. The monoisotopic (exact) mass is 249 g/mol. The number of carboxylic acid groups (broad SMARTS) is 1. The second kappa shape index (κ2) is 4.55. The fraction of sp³-hybridized carbons (Fsp3) is 0.167. The van der Waals surface area contributed by atoms with E-state index in [1.807, 2.05) is 25.1 Å². The molecule has 0 radical (unpaired) electrons. The lowest BCUT2D eigenvalue weighted by Crippen LogP contribution is -1.91. The third-order valence-corrected chi connectivity index (χ3v) is 3.29. The molecule has 0 unspecified atom stereocenters. The summed E-state index contributed by atoms with van der Waals surface area (Å²) in [6.45, 7) is 2.03. The number of aromatic hydroxyl groups is 1. The molecule has 4 nitrogen and oxygen atoms in total. The maximum absolute atomic E-state index is 10.8. The van der Waals surface area contributed by atoms with Gasteiger partial charge in [0.15, 0.2) is 10.6 Å². The number of nitrogens with zero attached hydrogens (tertiary/aromatic N) is 1. The van der Waals surface area contributed by atoms with E-state index in [2.05, 4.69) is 4.37 Å². The smallest absolute Gasteiger partial charge is 0.351 e. The van der Waals surface area contributed by atoms with Crippen molar-refractivity contribution in [2.24, 2.45) is 0 Å². The van der Waals surface area contributed by atoms with Crippen LogP contribution in [0.3, 0.4) is 0 Å². The Labute approximate surface area is 102 Å². The van der Waals surface area contributed by atoms with Gasteiger partial charge >= 0.3 is 5.97 Å². The maximum Gasteiger partial charge on any atom is 0.351 e. The number of aromatic carboxylic acids is 1. The van der Waals surface area contributed by atoms with Crippen molar-refractivity contribution in [3.63, 3.8) is 0 Å². The molecule has 0 saturated carbocycles. The van der Waals surface area contributed by atoms with Crippen LogP contribution in [0.5, 0.6) is 5.75 Å². The molecule has 2 N–H and O–H groups in total. The first-order valence-corrected chi connectivity index (χ1v) is 5.92. The average molecular weight is 249 g/mol. The van der Waals surface area contributed by atoms with Gasteiger partial charge in [-0.15, -0.1) is 0 Å². The fourth-order valence-electron chi connectivity index (χ4n) is 1.55. The summed E-state index contributed by atoms with van der Waals surface area (Å²) in [5.74, 6) is -1.41. The highest BCUT2D eigenvalue weighted by molar-refractivity contribution is 7.08. The summed E-state index contributed by atoms with van der Waals surface area (Å²) in [4.78, 5) is 10.7. The van der Waals surface area contributed by atoms with Gasteiger partial charge in [-0.3, -0.25) is 0 Å². The van der Waals surface area contributed by atoms with E-state index in [1.54, 1.807) is 6.07 Å². The summed E-state index contributed by atoms with van der Waals surface area (Å²) < 4.78 is 3.99. The minimum atomic E-state index is -1.15. The van der Waals surface area contributed by atoms with Gasteiger partial charge in [-0.2, -0.15) is 4.37 Å². The summed E-state index contributed by atoms with van der Waals surface area (Å²) in [7, 11) is 0. The third-order valence-electron chi connectivity index (χ3n) is 2.47. The van der Waals surface area contributed by atoms with Crippen LogP contribution in [-0.2, 0) is 6.42 Å². The van der Waals surface area contributed by atoms with Crippen molar-refractivity contribution < 1.29 is 15.0 Å². The molecule has 2 aromatic rings. The van der Waals surface area contributed by atoms with E-state index in [9.17, 15) is 9.90 Å². The second-order valence-electron chi connectivity index (χ2n) is 3.57. The maximum atomic E-state index is 10.8. The summed E-state index contributed by atoms with van der Waals surface area (Å²) in [5.41, 5.74) is 2.19. The fourth-order valence-corrected chi connectivity index (χ4v) is 2.19. The van der Waals surface area contributed by atoms with Crippen molar-refractivity contribution in [3.05, 3.63) is 34.7 Å². The molecule has 0 saturated heterocycles. The number of benzene rings is 1. The van der Waals surface area contributed by atoms with Crippen LogP contribution in [0, 0.1) is 0 Å². The zero-order valence-electron chi connectivity index (χ0n) is 9.17. The first-order chi connectivity index (χ1) is 8.13. The molecule has 17 heavy (non-hydrogen) atoms. The highest BCUT2D eigenvalue weighted by Crippen LogP contribution is 2.34. The van der Waals surface area contributed by atoms with Crippen molar-refractivity contribution in [1.29, 1.82) is 0 Å². The van der Waals surface area contributed by atoms with Gasteiger partial charge in [0.05, 0.1) is 0 Å². The number of hydrogen-bond acceptors (Lipinski definition) is 4. The zero-order chi connectivity index (χ0) is 12.4. The molecule has 0 aliphatic heterocycles. The van der Waals surface area contributed by atoms with Gasteiger partial charge in [0.2, 0.25) is 0 Å². The van der Waals surface area contributed by atoms with Gasteiger partial charge in [0.1, 0.15) is 5.69 Å². The van der Waals surface area contributed by atoms with Crippen LogP contribution in [0.2, 0.25) is 0 Å². The first-order valence-electron chi connectivity index (χ1n) is 5.14. The van der Waals surface area contributed by atoms with Gasteiger partial charge in [-0.05, 0) is 29.6 Å². The number of rotatable bonds is 3. The second-order valence-corrected chi connectivity index (χ2v) is 4.34. The third kappa shape index (κ3) is 2.14. The van der Waals surface area contributed by atoms with E-state index < -0.39 is 5.97 Å². The van der Waals surface area contributed by atoms with Crippen LogP contribution in [0.25, 0.3) is 11.3 Å². The van der Waals surface area contributed by atoms with Crippen LogP contribution >= 0.6 is 11.5 Å². The Morgan fingerprint density at radius 3 is 2.82 bits per heavy atom. The number of aryl methyl sites for hydroxylation is 1. The molecule has 1 aromatic carbocycles. The van der Waals surface area contributed by atoms with Crippen molar-refractivity contribution in [2.75, 3.05) is 0 Å². The standard InChI is InChI=1S/C12H11NO3S/c1-2-7-4-3-5-8(6-7)9-10(14)11(12(15)16)17-13-9/h3-6,14H,2H2,1H3,(H,15,16). The predicted molar refractivity (Wildman–Crippen MR) is 65.6 cm³/mol. The van der Waals surface area contributed by atoms with E-state index >= 15 is 0 Å². The van der Waals surface area contributed by atoms with E-state index in [4.69, 9.17) is 5.11 Å². The highest BCUT2D eigenvalue weighted by atomic mass is 32.1. The Bertz CT molecular complexity index is 563. The van der Waals surface area contributed by atoms with E-state index in [1.165, 1.54) is 0 Å². The minimum absolute atomic E-state index is 0.123. The first kappa shape index (κ1) is 11.6. The molecule has 1 heterocycles. The molecule has 0 aliphatic carbocycles. The van der Waals surface area contributed by atoms with Crippen molar-refractivity contribution >= 4 is 17.5 Å². The summed E-state index contributed by atoms with van der Waals surface area (Å²) in [6.07, 6.45) is 0.879. The van der Waals surface area contributed by atoms with Crippen LogP contribution < -0.4 is 0 Å². The Balaban J connectivity index is 2.49. The van der Waals surface area contributed by atoms with E-state index in [0.29, 0.717) is 5.69 Å².